The second-order valence-electron chi connectivity index (χ2n) is 8.07. The Hall–Kier alpha value is -2.02. The molecule has 0 spiro atoms. The molecule has 0 bridgehead atoms. The van der Waals surface area contributed by atoms with E-state index >= 15 is 0 Å². The van der Waals surface area contributed by atoms with Crippen molar-refractivity contribution >= 4 is 29.2 Å². The van der Waals surface area contributed by atoms with Gasteiger partial charge >= 0.3 is 0 Å². The first-order valence-electron chi connectivity index (χ1n) is 11.9. The largest absolute Gasteiger partial charge is 0.361 e. The molecule has 0 aliphatic rings. The van der Waals surface area contributed by atoms with E-state index in [9.17, 15) is 10.1 Å². The van der Waals surface area contributed by atoms with Gasteiger partial charge < -0.3 is 5.32 Å². The van der Waals surface area contributed by atoms with Crippen molar-refractivity contribution in [2.45, 2.75) is 96.8 Å². The van der Waals surface area contributed by atoms with Crippen LogP contribution in [0.2, 0.25) is 0 Å². The van der Waals surface area contributed by atoms with E-state index in [-0.39, 0.29) is 5.69 Å². The topological polar surface area (TPSA) is 79.6 Å². The molecule has 1 rings (SSSR count). The van der Waals surface area contributed by atoms with Gasteiger partial charge in [-0.1, -0.05) is 90.4 Å². The van der Waals surface area contributed by atoms with Crippen LogP contribution in [-0.2, 0) is 0 Å². The second kappa shape index (κ2) is 18.7. The van der Waals surface area contributed by atoms with E-state index in [1.54, 1.807) is 18.3 Å². The Balaban J connectivity index is 1.89. The number of nitro benzene ring substituents is 1. The van der Waals surface area contributed by atoms with Gasteiger partial charge in [0.05, 0.1) is 11.1 Å². The van der Waals surface area contributed by atoms with Crippen LogP contribution in [0.5, 0.6) is 0 Å². The minimum atomic E-state index is -0.421. The predicted octanol–water partition coefficient (Wildman–Crippen LogP) is 6.87. The van der Waals surface area contributed by atoms with Gasteiger partial charge in [-0.15, -0.1) is 0 Å². The van der Waals surface area contributed by atoms with E-state index in [1.165, 1.54) is 95.6 Å². The zero-order valence-corrected chi connectivity index (χ0v) is 19.9. The van der Waals surface area contributed by atoms with Crippen LogP contribution in [0.3, 0.4) is 0 Å². The molecule has 0 unspecified atom stereocenters. The number of benzene rings is 1. The number of hydrogen-bond donors (Lipinski definition) is 2. The summed E-state index contributed by atoms with van der Waals surface area (Å²) in [4.78, 5) is 10.2. The number of thiocarbonyl (C=S) groups is 1. The highest BCUT2D eigenvalue weighted by Crippen LogP contribution is 2.13. The number of nitrogens with one attached hydrogen (secondary N) is 2. The molecule has 0 heterocycles. The fourth-order valence-electron chi connectivity index (χ4n) is 3.41. The Morgan fingerprint density at radius 1 is 0.903 bits per heavy atom. The standard InChI is InChI=1S/C24H40N4O2S/c1-2-3-4-5-6-7-8-9-10-11-12-13-14-15-20-25-24(31)27-26-21-22-16-18-23(19-17-22)28(29)30/h16-19,21H,2-15,20H2,1H3,(H2,25,27,31)/b26-21-. The molecular weight excluding hydrogens is 408 g/mol. The highest BCUT2D eigenvalue weighted by Gasteiger charge is 2.02. The van der Waals surface area contributed by atoms with E-state index in [1.807, 2.05) is 0 Å². The summed E-state index contributed by atoms with van der Waals surface area (Å²) < 4.78 is 0. The van der Waals surface area contributed by atoms with Crippen molar-refractivity contribution in [3.8, 4) is 0 Å². The Morgan fingerprint density at radius 3 is 1.87 bits per heavy atom. The Kier molecular flexibility index (Phi) is 16.3. The third kappa shape index (κ3) is 15.4. The van der Waals surface area contributed by atoms with Gasteiger partial charge in [-0.25, -0.2) is 0 Å². The number of nitrogens with zero attached hydrogens (tertiary/aromatic N) is 2. The van der Waals surface area contributed by atoms with Gasteiger partial charge in [-0.2, -0.15) is 5.10 Å². The van der Waals surface area contributed by atoms with Crippen LogP contribution >= 0.6 is 12.2 Å². The molecule has 7 heteroatoms. The molecular formula is C24H40N4O2S. The minimum absolute atomic E-state index is 0.0652. The maximum atomic E-state index is 10.6. The molecule has 1 aromatic carbocycles. The Morgan fingerprint density at radius 2 is 1.39 bits per heavy atom. The first-order valence-corrected chi connectivity index (χ1v) is 12.4. The van der Waals surface area contributed by atoms with Crippen LogP contribution in [-0.4, -0.2) is 22.8 Å². The van der Waals surface area contributed by atoms with Crippen molar-refractivity contribution in [2.24, 2.45) is 5.10 Å². The SMILES string of the molecule is CCCCCCCCCCCCCCCCNC(=S)N/N=C\c1ccc([N+](=O)[O-])cc1. The van der Waals surface area contributed by atoms with E-state index in [2.05, 4.69) is 22.8 Å². The maximum Gasteiger partial charge on any atom is 0.269 e. The third-order valence-electron chi connectivity index (χ3n) is 5.30. The van der Waals surface area contributed by atoms with E-state index in [0.717, 1.165) is 18.5 Å². The average Bonchev–Trinajstić information content (AvgIpc) is 2.76. The molecule has 0 saturated carbocycles. The van der Waals surface area contributed by atoms with Crippen LogP contribution < -0.4 is 10.7 Å². The molecule has 0 atom stereocenters. The molecule has 0 aliphatic heterocycles. The highest BCUT2D eigenvalue weighted by atomic mass is 32.1. The zero-order chi connectivity index (χ0) is 22.6. The lowest BCUT2D eigenvalue weighted by Gasteiger charge is -2.07. The van der Waals surface area contributed by atoms with Crippen molar-refractivity contribution < 1.29 is 4.92 Å². The zero-order valence-electron chi connectivity index (χ0n) is 19.1. The fraction of sp³-hybridized carbons (Fsp3) is 0.667. The van der Waals surface area contributed by atoms with Gasteiger partial charge in [0, 0.05) is 18.7 Å². The molecule has 0 saturated heterocycles. The lowest BCUT2D eigenvalue weighted by molar-refractivity contribution is -0.384. The summed E-state index contributed by atoms with van der Waals surface area (Å²) in [5.74, 6) is 0. The maximum absolute atomic E-state index is 10.6. The van der Waals surface area contributed by atoms with E-state index in [0.29, 0.717) is 5.11 Å². The summed E-state index contributed by atoms with van der Waals surface area (Å²) in [5, 5.41) is 18.3. The van der Waals surface area contributed by atoms with Gasteiger partial charge in [0.25, 0.3) is 5.69 Å². The van der Waals surface area contributed by atoms with Gasteiger partial charge in [0.15, 0.2) is 5.11 Å². The van der Waals surface area contributed by atoms with Gasteiger partial charge in [-0.05, 0) is 36.3 Å². The normalized spacial score (nSPS) is 11.0. The van der Waals surface area contributed by atoms with E-state index in [4.69, 9.17) is 12.2 Å². The van der Waals surface area contributed by atoms with Crippen LogP contribution in [0, 0.1) is 10.1 Å². The number of non-ortho nitro benzene ring substituents is 1. The van der Waals surface area contributed by atoms with Crippen molar-refractivity contribution in [1.82, 2.24) is 10.7 Å². The predicted molar refractivity (Wildman–Crippen MR) is 135 cm³/mol. The summed E-state index contributed by atoms with van der Waals surface area (Å²) in [6.45, 7) is 3.11. The Labute approximate surface area is 193 Å². The number of hydrogen-bond acceptors (Lipinski definition) is 4. The molecule has 0 aliphatic carbocycles. The average molecular weight is 449 g/mol. The highest BCUT2D eigenvalue weighted by molar-refractivity contribution is 7.80. The van der Waals surface area contributed by atoms with Gasteiger partial charge in [-0.3, -0.25) is 15.5 Å². The minimum Gasteiger partial charge on any atom is -0.361 e. The molecule has 0 fully saturated rings. The van der Waals surface area contributed by atoms with E-state index < -0.39 is 4.92 Å². The molecule has 0 amide bonds. The summed E-state index contributed by atoms with van der Waals surface area (Å²) in [6.07, 6.45) is 20.5. The summed E-state index contributed by atoms with van der Waals surface area (Å²) >= 11 is 5.20. The molecule has 6 nitrogen and oxygen atoms in total. The summed E-state index contributed by atoms with van der Waals surface area (Å²) in [7, 11) is 0. The number of rotatable bonds is 18. The van der Waals surface area contributed by atoms with Crippen molar-refractivity contribution in [3.05, 3.63) is 39.9 Å². The lowest BCUT2D eigenvalue weighted by Crippen LogP contribution is -2.32. The summed E-state index contributed by atoms with van der Waals surface area (Å²) in [5.41, 5.74) is 3.61. The van der Waals surface area contributed by atoms with Gasteiger partial charge in [0.2, 0.25) is 0 Å². The first kappa shape index (κ1) is 27.0. The van der Waals surface area contributed by atoms with Crippen molar-refractivity contribution in [2.75, 3.05) is 6.54 Å². The quantitative estimate of drug-likeness (QED) is 0.0841. The van der Waals surface area contributed by atoms with Crippen LogP contribution in [0.15, 0.2) is 29.4 Å². The second-order valence-corrected chi connectivity index (χ2v) is 8.48. The Bertz CT molecular complexity index is 635. The van der Waals surface area contributed by atoms with Crippen LogP contribution in [0.4, 0.5) is 5.69 Å². The van der Waals surface area contributed by atoms with Crippen LogP contribution in [0.1, 0.15) is 102 Å². The fourth-order valence-corrected chi connectivity index (χ4v) is 3.56. The third-order valence-corrected chi connectivity index (χ3v) is 5.54. The molecule has 0 radical (unpaired) electrons. The lowest BCUT2D eigenvalue weighted by atomic mass is 10.0. The molecule has 0 aromatic heterocycles. The molecule has 2 N–H and O–H groups in total. The number of unbranched alkanes of at least 4 members (excludes halogenated alkanes) is 13. The van der Waals surface area contributed by atoms with Gasteiger partial charge in [0.1, 0.15) is 0 Å². The molecule has 174 valence electrons. The monoisotopic (exact) mass is 448 g/mol. The number of hydrazone groups is 1. The number of nitro groups is 1. The van der Waals surface area contributed by atoms with Crippen molar-refractivity contribution in [1.29, 1.82) is 0 Å². The summed E-state index contributed by atoms with van der Waals surface area (Å²) in [6, 6.07) is 6.20. The molecule has 1 aromatic rings. The molecule has 31 heavy (non-hydrogen) atoms. The first-order chi connectivity index (χ1) is 15.1. The van der Waals surface area contributed by atoms with Crippen molar-refractivity contribution in [3.63, 3.8) is 0 Å². The van der Waals surface area contributed by atoms with Crippen LogP contribution in [0.25, 0.3) is 0 Å². The smallest absolute Gasteiger partial charge is 0.269 e.